The van der Waals surface area contributed by atoms with Crippen molar-refractivity contribution in [2.24, 2.45) is 11.8 Å². The van der Waals surface area contributed by atoms with Gasteiger partial charge < -0.3 is 24.4 Å². The molecule has 2 aromatic carbocycles. The largest absolute Gasteiger partial charge is 0.488 e. The second-order valence-electron chi connectivity index (χ2n) is 8.89. The van der Waals surface area contributed by atoms with Crippen LogP contribution in [0.5, 0.6) is 11.5 Å². The summed E-state index contributed by atoms with van der Waals surface area (Å²) in [6, 6.07) is 18.9. The maximum absolute atomic E-state index is 12.6. The highest BCUT2D eigenvalue weighted by molar-refractivity contribution is 5.72. The molecule has 4 rings (SSSR count). The lowest BCUT2D eigenvalue weighted by atomic mass is 9.84. The molecule has 0 aliphatic heterocycles. The first-order valence-electron chi connectivity index (χ1n) is 11.5. The highest BCUT2D eigenvalue weighted by Gasteiger charge is 2.36. The van der Waals surface area contributed by atoms with Crippen LogP contribution >= 0.6 is 0 Å². The van der Waals surface area contributed by atoms with Gasteiger partial charge in [0.25, 0.3) is 0 Å². The fraction of sp³-hybridized carbons (Fsp3) is 0.500. The van der Waals surface area contributed by atoms with E-state index in [-0.39, 0.29) is 30.0 Å². The van der Waals surface area contributed by atoms with Crippen LogP contribution in [0.4, 0.5) is 0 Å². The van der Waals surface area contributed by atoms with E-state index >= 15 is 0 Å². The van der Waals surface area contributed by atoms with Crippen LogP contribution in [0.3, 0.4) is 0 Å². The van der Waals surface area contributed by atoms with Crippen molar-refractivity contribution in [2.75, 3.05) is 6.61 Å². The van der Waals surface area contributed by atoms with Crippen molar-refractivity contribution in [1.82, 2.24) is 0 Å². The molecule has 6 unspecified atom stereocenters. The SMILES string of the molecule is O=C(OCC1CCC(O)C(Oc2ccccc2)C1)C1CCC(Oc2ccccc2)C(O)C1. The van der Waals surface area contributed by atoms with E-state index in [2.05, 4.69) is 0 Å². The summed E-state index contributed by atoms with van der Waals surface area (Å²) in [7, 11) is 0. The Balaban J connectivity index is 1.22. The van der Waals surface area contributed by atoms with E-state index in [0.717, 1.165) is 17.9 Å². The van der Waals surface area contributed by atoms with Crippen LogP contribution in [0.1, 0.15) is 38.5 Å². The standard InChI is InChI=1S/C26H32O6/c27-22-13-11-18(15-25(22)32-21-9-5-2-6-10-21)17-30-26(29)19-12-14-24(23(28)16-19)31-20-7-3-1-4-8-20/h1-10,18-19,22-25,27-28H,11-17H2. The number of hydrogen-bond donors (Lipinski definition) is 2. The predicted molar refractivity (Wildman–Crippen MR) is 119 cm³/mol. The molecule has 0 spiro atoms. The number of para-hydroxylation sites is 2. The van der Waals surface area contributed by atoms with E-state index in [4.69, 9.17) is 14.2 Å². The van der Waals surface area contributed by atoms with Gasteiger partial charge in [0, 0.05) is 0 Å². The maximum Gasteiger partial charge on any atom is 0.309 e. The number of esters is 1. The summed E-state index contributed by atoms with van der Waals surface area (Å²) in [5.41, 5.74) is 0. The van der Waals surface area contributed by atoms with Gasteiger partial charge in [-0.25, -0.2) is 0 Å². The summed E-state index contributed by atoms with van der Waals surface area (Å²) in [6.45, 7) is 0.316. The fourth-order valence-electron chi connectivity index (χ4n) is 4.61. The van der Waals surface area contributed by atoms with Gasteiger partial charge in [0.2, 0.25) is 0 Å². The maximum atomic E-state index is 12.6. The molecule has 2 fully saturated rings. The van der Waals surface area contributed by atoms with E-state index < -0.39 is 12.2 Å². The summed E-state index contributed by atoms with van der Waals surface area (Å²) >= 11 is 0. The lowest BCUT2D eigenvalue weighted by molar-refractivity contribution is -0.155. The number of aliphatic hydroxyl groups is 2. The summed E-state index contributed by atoms with van der Waals surface area (Å²) in [6.07, 6.45) is 1.83. The predicted octanol–water partition coefficient (Wildman–Crippen LogP) is 3.75. The van der Waals surface area contributed by atoms with Crippen LogP contribution in [0, 0.1) is 11.8 Å². The molecule has 32 heavy (non-hydrogen) atoms. The molecule has 0 heterocycles. The molecule has 2 aliphatic carbocycles. The van der Waals surface area contributed by atoms with Crippen molar-refractivity contribution < 1.29 is 29.2 Å². The lowest BCUT2D eigenvalue weighted by Gasteiger charge is -2.34. The molecule has 0 bridgehead atoms. The van der Waals surface area contributed by atoms with Gasteiger partial charge in [0.05, 0.1) is 24.7 Å². The number of hydrogen-bond acceptors (Lipinski definition) is 6. The number of rotatable bonds is 7. The van der Waals surface area contributed by atoms with Crippen LogP contribution < -0.4 is 9.47 Å². The van der Waals surface area contributed by atoms with Crippen molar-refractivity contribution in [2.45, 2.75) is 62.9 Å². The monoisotopic (exact) mass is 440 g/mol. The van der Waals surface area contributed by atoms with Gasteiger partial charge in [-0.2, -0.15) is 0 Å². The summed E-state index contributed by atoms with van der Waals surface area (Å²) < 4.78 is 17.5. The fourth-order valence-corrected chi connectivity index (χ4v) is 4.61. The lowest BCUT2D eigenvalue weighted by Crippen LogP contribution is -2.41. The van der Waals surface area contributed by atoms with Crippen molar-refractivity contribution in [1.29, 1.82) is 0 Å². The molecule has 0 radical (unpaired) electrons. The molecule has 0 amide bonds. The summed E-state index contributed by atoms with van der Waals surface area (Å²) in [4.78, 5) is 12.6. The molecule has 172 valence electrons. The molecule has 0 aromatic heterocycles. The van der Waals surface area contributed by atoms with Gasteiger partial charge in [-0.05, 0) is 68.7 Å². The minimum absolute atomic E-state index is 0.152. The van der Waals surface area contributed by atoms with Gasteiger partial charge in [-0.15, -0.1) is 0 Å². The molecule has 2 aromatic rings. The zero-order chi connectivity index (χ0) is 22.3. The molecular formula is C26H32O6. The Labute approximate surface area is 189 Å². The van der Waals surface area contributed by atoms with Gasteiger partial charge >= 0.3 is 5.97 Å². The minimum atomic E-state index is -0.699. The minimum Gasteiger partial charge on any atom is -0.488 e. The molecule has 0 saturated heterocycles. The molecule has 6 atom stereocenters. The normalized spacial score (nSPS) is 30.3. The highest BCUT2D eigenvalue weighted by Crippen LogP contribution is 2.31. The van der Waals surface area contributed by atoms with Crippen LogP contribution in [0.15, 0.2) is 60.7 Å². The third-order valence-electron chi connectivity index (χ3n) is 6.48. The quantitative estimate of drug-likeness (QED) is 0.638. The van der Waals surface area contributed by atoms with Crippen LogP contribution in [0.25, 0.3) is 0 Å². The summed E-state index contributed by atoms with van der Waals surface area (Å²) in [5.74, 6) is 1.04. The Morgan fingerprint density at radius 2 is 1.38 bits per heavy atom. The van der Waals surface area contributed by atoms with Crippen LogP contribution in [-0.4, -0.2) is 47.2 Å². The Bertz CT molecular complexity index is 842. The van der Waals surface area contributed by atoms with E-state index in [1.807, 2.05) is 60.7 Å². The molecule has 2 saturated carbocycles. The second-order valence-corrected chi connectivity index (χ2v) is 8.89. The van der Waals surface area contributed by atoms with Crippen molar-refractivity contribution in [3.63, 3.8) is 0 Å². The zero-order valence-corrected chi connectivity index (χ0v) is 18.2. The van der Waals surface area contributed by atoms with Gasteiger partial charge in [-0.1, -0.05) is 36.4 Å². The van der Waals surface area contributed by atoms with Crippen LogP contribution in [-0.2, 0) is 9.53 Å². The molecule has 2 N–H and O–H groups in total. The van der Waals surface area contributed by atoms with E-state index in [1.165, 1.54) is 0 Å². The number of aliphatic hydroxyl groups excluding tert-OH is 2. The van der Waals surface area contributed by atoms with Crippen molar-refractivity contribution in [3.05, 3.63) is 60.7 Å². The average Bonchev–Trinajstić information content (AvgIpc) is 2.82. The van der Waals surface area contributed by atoms with Crippen molar-refractivity contribution in [3.8, 4) is 11.5 Å². The Kier molecular flexibility index (Phi) is 7.66. The van der Waals surface area contributed by atoms with Gasteiger partial charge in [0.15, 0.2) is 0 Å². The number of carbonyl (C=O) groups excluding carboxylic acids is 1. The number of carbonyl (C=O) groups is 1. The first kappa shape index (κ1) is 22.6. The van der Waals surface area contributed by atoms with Gasteiger partial charge in [-0.3, -0.25) is 4.79 Å². The first-order valence-corrected chi connectivity index (χ1v) is 11.5. The van der Waals surface area contributed by atoms with E-state index in [9.17, 15) is 15.0 Å². The molecule has 6 nitrogen and oxygen atoms in total. The second kappa shape index (κ2) is 10.8. The molecule has 2 aliphatic rings. The first-order chi connectivity index (χ1) is 15.6. The van der Waals surface area contributed by atoms with Crippen molar-refractivity contribution >= 4 is 5.97 Å². The average molecular weight is 441 g/mol. The smallest absolute Gasteiger partial charge is 0.309 e. The molecule has 6 heteroatoms. The van der Waals surface area contributed by atoms with Crippen LogP contribution in [0.2, 0.25) is 0 Å². The third-order valence-corrected chi connectivity index (χ3v) is 6.48. The number of ether oxygens (including phenoxy) is 3. The summed E-state index contributed by atoms with van der Waals surface area (Å²) in [5, 5.41) is 20.8. The molecular weight excluding hydrogens is 408 g/mol. The Hall–Kier alpha value is -2.57. The van der Waals surface area contributed by atoms with E-state index in [1.54, 1.807) is 0 Å². The number of benzene rings is 2. The Morgan fingerprint density at radius 1 is 0.750 bits per heavy atom. The van der Waals surface area contributed by atoms with E-state index in [0.29, 0.717) is 38.7 Å². The van der Waals surface area contributed by atoms with Gasteiger partial charge in [0.1, 0.15) is 23.7 Å². The Morgan fingerprint density at radius 3 is 2.00 bits per heavy atom. The zero-order valence-electron chi connectivity index (χ0n) is 18.2. The highest BCUT2D eigenvalue weighted by atomic mass is 16.5. The third kappa shape index (κ3) is 6.02. The topological polar surface area (TPSA) is 85.2 Å².